The molecule has 0 unspecified atom stereocenters. The van der Waals surface area contributed by atoms with Crippen LogP contribution in [0.25, 0.3) is 11.0 Å². The Kier molecular flexibility index (Phi) is 4.76. The first-order valence-electron chi connectivity index (χ1n) is 9.08. The average molecular weight is 402 g/mol. The molecule has 1 spiro atoms. The fourth-order valence-corrected chi connectivity index (χ4v) is 4.22. The van der Waals surface area contributed by atoms with Gasteiger partial charge in [-0.2, -0.15) is 5.10 Å². The summed E-state index contributed by atoms with van der Waals surface area (Å²) in [5.74, 6) is 0.190. The van der Waals surface area contributed by atoms with Crippen molar-refractivity contribution >= 4 is 40.6 Å². The molecule has 4 rings (SSSR count). The third-order valence-corrected chi connectivity index (χ3v) is 5.65. The summed E-state index contributed by atoms with van der Waals surface area (Å²) in [5.41, 5.74) is 0.690. The SMILES string of the molecule is CN1/C(=C(Cl)\C=C(/C=O)Nc2ncnc3[nH]ncc23)C(=O)NC12CCCCC2. The minimum atomic E-state index is -0.386. The van der Waals surface area contributed by atoms with Gasteiger partial charge in [-0.25, -0.2) is 9.97 Å². The van der Waals surface area contributed by atoms with Gasteiger partial charge >= 0.3 is 0 Å². The molecule has 2 aliphatic rings. The predicted octanol–water partition coefficient (Wildman–Crippen LogP) is 2.02. The van der Waals surface area contributed by atoms with Crippen LogP contribution in [-0.4, -0.2) is 50.0 Å². The number of nitrogens with zero attached hydrogens (tertiary/aromatic N) is 4. The van der Waals surface area contributed by atoms with Gasteiger partial charge in [-0.05, 0) is 31.8 Å². The molecule has 2 aromatic rings. The van der Waals surface area contributed by atoms with Crippen LogP contribution in [0.3, 0.4) is 0 Å². The Morgan fingerprint density at radius 1 is 1.32 bits per heavy atom. The molecule has 0 atom stereocenters. The summed E-state index contributed by atoms with van der Waals surface area (Å²) < 4.78 is 0. The largest absolute Gasteiger partial charge is 0.346 e. The maximum Gasteiger partial charge on any atom is 0.270 e. The third kappa shape index (κ3) is 3.11. The lowest BCUT2D eigenvalue weighted by atomic mass is 9.89. The topological polar surface area (TPSA) is 116 Å². The van der Waals surface area contributed by atoms with Gasteiger partial charge in [0.05, 0.1) is 22.3 Å². The van der Waals surface area contributed by atoms with Crippen molar-refractivity contribution < 1.29 is 9.59 Å². The summed E-state index contributed by atoms with van der Waals surface area (Å²) in [6.45, 7) is 0. The van der Waals surface area contributed by atoms with Crippen molar-refractivity contribution in [1.82, 2.24) is 30.4 Å². The highest BCUT2D eigenvalue weighted by atomic mass is 35.5. The number of H-pyrrole nitrogens is 1. The standard InChI is InChI=1S/C18H20ClN7O2/c1-26-14(17(28)24-18(26)5-3-2-4-6-18)13(19)7-11(9-27)23-15-12-8-22-25-16(12)21-10-20-15/h7-10H,2-6H2,1H3,(H,24,28)(H2,20,21,22,23,25)/b11-7+,14-13+. The van der Waals surface area contributed by atoms with Crippen LogP contribution in [0.15, 0.2) is 35.0 Å². The van der Waals surface area contributed by atoms with E-state index in [1.54, 1.807) is 6.20 Å². The monoisotopic (exact) mass is 401 g/mol. The number of halogens is 1. The number of aldehydes is 1. The molecule has 1 saturated heterocycles. The van der Waals surface area contributed by atoms with Crippen molar-refractivity contribution in [3.05, 3.63) is 35.0 Å². The summed E-state index contributed by atoms with van der Waals surface area (Å²) in [7, 11) is 1.86. The van der Waals surface area contributed by atoms with Gasteiger partial charge in [0, 0.05) is 7.05 Å². The number of allylic oxidation sites excluding steroid dienone is 3. The number of rotatable bonds is 4. The normalized spacial score (nSPS) is 21.1. The van der Waals surface area contributed by atoms with E-state index >= 15 is 0 Å². The third-order valence-electron chi connectivity index (χ3n) is 5.37. The molecule has 0 radical (unpaired) electrons. The van der Waals surface area contributed by atoms with Gasteiger partial charge in [0.1, 0.15) is 23.5 Å². The Morgan fingerprint density at radius 2 is 2.11 bits per heavy atom. The van der Waals surface area contributed by atoms with Gasteiger partial charge in [-0.1, -0.05) is 18.0 Å². The number of hydrogen-bond donors (Lipinski definition) is 3. The number of nitrogens with one attached hydrogen (secondary N) is 3. The van der Waals surface area contributed by atoms with E-state index < -0.39 is 0 Å². The fraction of sp³-hybridized carbons (Fsp3) is 0.389. The van der Waals surface area contributed by atoms with Crippen molar-refractivity contribution in [2.24, 2.45) is 0 Å². The molecule has 0 bridgehead atoms. The van der Waals surface area contributed by atoms with Gasteiger partial charge in [0.2, 0.25) is 0 Å². The van der Waals surface area contributed by atoms with Crippen LogP contribution in [-0.2, 0) is 9.59 Å². The maximum absolute atomic E-state index is 12.6. The minimum Gasteiger partial charge on any atom is -0.346 e. The van der Waals surface area contributed by atoms with E-state index in [9.17, 15) is 9.59 Å². The molecule has 1 aliphatic carbocycles. The zero-order chi connectivity index (χ0) is 19.7. The lowest BCUT2D eigenvalue weighted by molar-refractivity contribution is -0.117. The highest BCUT2D eigenvalue weighted by Gasteiger charge is 2.46. The van der Waals surface area contributed by atoms with Crippen LogP contribution in [0.5, 0.6) is 0 Å². The molecule has 1 amide bonds. The van der Waals surface area contributed by atoms with Crippen LogP contribution in [0, 0.1) is 0 Å². The summed E-state index contributed by atoms with van der Waals surface area (Å²) >= 11 is 6.47. The molecule has 0 aromatic carbocycles. The van der Waals surface area contributed by atoms with Crippen molar-refractivity contribution in [3.8, 4) is 0 Å². The molecule has 3 heterocycles. The molecule has 1 aliphatic heterocycles. The first kappa shape index (κ1) is 18.4. The Labute approximate surface area is 166 Å². The van der Waals surface area contributed by atoms with Crippen molar-refractivity contribution in [2.45, 2.75) is 37.8 Å². The van der Waals surface area contributed by atoms with E-state index in [-0.39, 0.29) is 22.3 Å². The average Bonchev–Trinajstić information content (AvgIpc) is 3.26. The van der Waals surface area contributed by atoms with E-state index in [0.717, 1.165) is 25.7 Å². The zero-order valence-electron chi connectivity index (χ0n) is 15.3. The molecule has 146 valence electrons. The summed E-state index contributed by atoms with van der Waals surface area (Å²) in [4.78, 5) is 34.3. The molecule has 2 fully saturated rings. The van der Waals surface area contributed by atoms with E-state index in [2.05, 4.69) is 30.8 Å². The molecular weight excluding hydrogens is 382 g/mol. The van der Waals surface area contributed by atoms with Crippen molar-refractivity contribution in [3.63, 3.8) is 0 Å². The highest BCUT2D eigenvalue weighted by molar-refractivity contribution is 6.33. The number of hydrogen-bond acceptors (Lipinski definition) is 7. The van der Waals surface area contributed by atoms with Gasteiger partial charge in [-0.3, -0.25) is 14.7 Å². The summed E-state index contributed by atoms with van der Waals surface area (Å²) in [6.07, 6.45) is 10.0. The molecule has 2 aromatic heterocycles. The number of anilines is 1. The highest BCUT2D eigenvalue weighted by Crippen LogP contribution is 2.38. The molecule has 3 N–H and O–H groups in total. The van der Waals surface area contributed by atoms with Crippen LogP contribution < -0.4 is 10.6 Å². The van der Waals surface area contributed by atoms with E-state index in [4.69, 9.17) is 11.6 Å². The lowest BCUT2D eigenvalue weighted by Crippen LogP contribution is -2.51. The van der Waals surface area contributed by atoms with Gasteiger partial charge in [-0.15, -0.1) is 0 Å². The zero-order valence-corrected chi connectivity index (χ0v) is 16.1. The van der Waals surface area contributed by atoms with E-state index in [0.29, 0.717) is 28.8 Å². The molecular formula is C18H20ClN7O2. The van der Waals surface area contributed by atoms with Crippen LogP contribution in [0.1, 0.15) is 32.1 Å². The van der Waals surface area contributed by atoms with E-state index in [1.165, 1.54) is 18.8 Å². The quantitative estimate of drug-likeness (QED) is 0.530. The lowest BCUT2D eigenvalue weighted by Gasteiger charge is -2.39. The Bertz CT molecular complexity index is 991. The number of aromatic nitrogens is 4. The number of amides is 1. The molecule has 9 nitrogen and oxygen atoms in total. The van der Waals surface area contributed by atoms with Crippen molar-refractivity contribution in [2.75, 3.05) is 12.4 Å². The van der Waals surface area contributed by atoms with Crippen LogP contribution in [0.2, 0.25) is 0 Å². The van der Waals surface area contributed by atoms with Crippen molar-refractivity contribution in [1.29, 1.82) is 0 Å². The second-order valence-electron chi connectivity index (χ2n) is 7.00. The van der Waals surface area contributed by atoms with Gasteiger partial charge < -0.3 is 15.5 Å². The first-order chi connectivity index (χ1) is 13.5. The summed E-state index contributed by atoms with van der Waals surface area (Å²) in [6, 6.07) is 0. The number of carbonyl (C=O) groups excluding carboxylic acids is 2. The number of carbonyl (C=O) groups is 2. The maximum atomic E-state index is 12.6. The molecule has 10 heteroatoms. The Morgan fingerprint density at radius 3 is 2.86 bits per heavy atom. The number of likely N-dealkylation sites (N-methyl/N-ethyl adjacent to an activating group) is 1. The second-order valence-corrected chi connectivity index (χ2v) is 7.41. The first-order valence-corrected chi connectivity index (χ1v) is 9.46. The summed E-state index contributed by atoms with van der Waals surface area (Å²) in [5, 5.41) is 13.5. The van der Waals surface area contributed by atoms with E-state index in [1.807, 2.05) is 11.9 Å². The smallest absolute Gasteiger partial charge is 0.270 e. The Hall–Kier alpha value is -2.94. The number of aromatic amines is 1. The second kappa shape index (κ2) is 7.23. The Balaban J connectivity index is 1.65. The van der Waals surface area contributed by atoms with Crippen LogP contribution in [0.4, 0.5) is 5.82 Å². The fourth-order valence-electron chi connectivity index (χ4n) is 3.89. The number of fused-ring (bicyclic) bond motifs is 1. The minimum absolute atomic E-state index is 0.171. The van der Waals surface area contributed by atoms with Crippen LogP contribution >= 0.6 is 11.6 Å². The van der Waals surface area contributed by atoms with Gasteiger partial charge in [0.25, 0.3) is 5.91 Å². The molecule has 1 saturated carbocycles. The predicted molar refractivity (Wildman–Crippen MR) is 104 cm³/mol. The van der Waals surface area contributed by atoms with Gasteiger partial charge in [0.15, 0.2) is 11.9 Å². The molecule has 28 heavy (non-hydrogen) atoms.